The predicted octanol–water partition coefficient (Wildman–Crippen LogP) is 4.33. The van der Waals surface area contributed by atoms with Crippen molar-refractivity contribution in [1.29, 1.82) is 5.26 Å². The fourth-order valence-corrected chi connectivity index (χ4v) is 3.37. The molecule has 0 unspecified atom stereocenters. The number of carboxylic acids is 1. The number of aromatic carboxylic acids is 1. The van der Waals surface area contributed by atoms with Crippen molar-refractivity contribution in [2.45, 2.75) is 25.4 Å². The topological polar surface area (TPSA) is 84.6 Å². The summed E-state index contributed by atoms with van der Waals surface area (Å²) in [5.41, 5.74) is -8.11. The lowest BCUT2D eigenvalue weighted by molar-refractivity contribution is -0.137. The number of thiocarbonyl (C=S) groups is 1. The van der Waals surface area contributed by atoms with Crippen LogP contribution in [0.1, 0.15) is 43.4 Å². The van der Waals surface area contributed by atoms with Crippen molar-refractivity contribution >= 4 is 40.6 Å². The summed E-state index contributed by atoms with van der Waals surface area (Å²) >= 11 is 5.16. The van der Waals surface area contributed by atoms with Crippen molar-refractivity contribution in [3.63, 3.8) is 0 Å². The second kappa shape index (κ2) is 7.31. The van der Waals surface area contributed by atoms with Crippen molar-refractivity contribution in [2.75, 3.05) is 9.80 Å². The molecule has 1 heterocycles. The number of rotatable bonds is 3. The first-order chi connectivity index (χ1) is 16.8. The van der Waals surface area contributed by atoms with E-state index in [4.69, 9.17) is 30.8 Å². The molecular formula is C20H13F4N3O3S. The second-order valence-electron chi connectivity index (χ2n) is 6.28. The van der Waals surface area contributed by atoms with E-state index >= 15 is 0 Å². The zero-order chi connectivity index (χ0) is 28.3. The lowest BCUT2D eigenvalue weighted by atomic mass is 10.1. The highest BCUT2D eigenvalue weighted by molar-refractivity contribution is 7.81. The Labute approximate surface area is 187 Å². The molecule has 1 fully saturated rings. The zero-order valence-electron chi connectivity index (χ0n) is 21.0. The number of nitrogens with zero attached hydrogens (tertiary/aromatic N) is 3. The molecule has 0 aromatic heterocycles. The van der Waals surface area contributed by atoms with E-state index in [1.165, 1.54) is 6.07 Å². The summed E-state index contributed by atoms with van der Waals surface area (Å²) in [5.74, 6) is -4.90. The van der Waals surface area contributed by atoms with Crippen molar-refractivity contribution in [3.8, 4) is 6.07 Å². The molecule has 0 atom stereocenters. The maximum atomic E-state index is 14.5. The van der Waals surface area contributed by atoms with Crippen molar-refractivity contribution in [1.82, 2.24) is 0 Å². The molecule has 0 aliphatic carbocycles. The summed E-state index contributed by atoms with van der Waals surface area (Å²) in [5, 5.41) is 17.2. The zero-order valence-corrected chi connectivity index (χ0v) is 15.8. The van der Waals surface area contributed by atoms with Gasteiger partial charge in [-0.15, -0.1) is 0 Å². The largest absolute Gasteiger partial charge is 0.478 e. The minimum atomic E-state index is -5.09. The van der Waals surface area contributed by atoms with E-state index in [9.17, 15) is 27.2 Å². The molecular weight excluding hydrogens is 440 g/mol. The number of halogens is 4. The molecule has 2 aromatic carbocycles. The van der Waals surface area contributed by atoms with E-state index in [0.717, 1.165) is 12.1 Å². The number of alkyl halides is 3. The van der Waals surface area contributed by atoms with Gasteiger partial charge in [-0.1, -0.05) is 0 Å². The lowest BCUT2D eigenvalue weighted by Crippen LogP contribution is -2.44. The number of anilines is 2. The molecule has 6 nitrogen and oxygen atoms in total. The smallest absolute Gasteiger partial charge is 0.417 e. The fraction of sp³-hybridized carbons (Fsp3) is 0.200. The van der Waals surface area contributed by atoms with Gasteiger partial charge >= 0.3 is 12.1 Å². The normalized spacial score (nSPS) is 19.6. The predicted molar refractivity (Wildman–Crippen MR) is 106 cm³/mol. The van der Waals surface area contributed by atoms with Crippen LogP contribution in [0.15, 0.2) is 36.4 Å². The van der Waals surface area contributed by atoms with Crippen LogP contribution in [0.4, 0.5) is 28.9 Å². The Morgan fingerprint density at radius 2 is 1.87 bits per heavy atom. The maximum absolute atomic E-state index is 14.5. The highest BCUT2D eigenvalue weighted by Crippen LogP contribution is 2.39. The van der Waals surface area contributed by atoms with Crippen LogP contribution >= 0.6 is 12.2 Å². The summed E-state index contributed by atoms with van der Waals surface area (Å²) in [6.45, 7) is -7.45. The molecule has 2 aromatic rings. The number of benzene rings is 2. The van der Waals surface area contributed by atoms with Gasteiger partial charge < -0.3 is 10.0 Å². The summed E-state index contributed by atoms with van der Waals surface area (Å²) in [6.07, 6.45) is -5.09. The Kier molecular flexibility index (Phi) is 3.61. The number of carboxylic acid groups (broad SMARTS) is 1. The average Bonchev–Trinajstić information content (AvgIpc) is 2.99. The van der Waals surface area contributed by atoms with Gasteiger partial charge in [-0.2, -0.15) is 18.4 Å². The van der Waals surface area contributed by atoms with Crippen molar-refractivity contribution in [3.05, 3.63) is 58.9 Å². The van der Waals surface area contributed by atoms with Gasteiger partial charge in [0.05, 0.1) is 28.4 Å². The molecule has 11 heteroatoms. The van der Waals surface area contributed by atoms with Crippen LogP contribution in [-0.2, 0) is 11.0 Å². The number of carbonyl (C=O) groups excluding carboxylic acids is 1. The molecule has 3 rings (SSSR count). The average molecular weight is 459 g/mol. The van der Waals surface area contributed by atoms with E-state index in [1.807, 2.05) is 0 Å². The van der Waals surface area contributed by atoms with Crippen LogP contribution in [0.2, 0.25) is 0 Å². The molecule has 0 saturated carbocycles. The highest BCUT2D eigenvalue weighted by atomic mass is 32.1. The van der Waals surface area contributed by atoms with Crippen LogP contribution in [0.3, 0.4) is 0 Å². The van der Waals surface area contributed by atoms with Gasteiger partial charge in [0.2, 0.25) is 0 Å². The van der Waals surface area contributed by atoms with Crippen molar-refractivity contribution < 1.29 is 40.5 Å². The van der Waals surface area contributed by atoms with E-state index in [1.54, 1.807) is 0 Å². The van der Waals surface area contributed by atoms with E-state index in [2.05, 4.69) is 0 Å². The first-order valence-electron chi connectivity index (χ1n) is 11.1. The van der Waals surface area contributed by atoms with Gasteiger partial charge in [0.15, 0.2) is 5.11 Å². The van der Waals surface area contributed by atoms with E-state index in [-0.39, 0.29) is 9.80 Å². The Morgan fingerprint density at radius 1 is 1.23 bits per heavy atom. The number of hydrogen-bond donors (Lipinski definition) is 1. The Bertz CT molecular complexity index is 1360. The minimum absolute atomic E-state index is 0.244. The summed E-state index contributed by atoms with van der Waals surface area (Å²) in [4.78, 5) is 25.3. The molecule has 0 radical (unpaired) electrons. The lowest BCUT2D eigenvalue weighted by Gasteiger charge is -2.29. The first-order valence-corrected chi connectivity index (χ1v) is 8.54. The molecule has 1 N–H and O–H groups in total. The van der Waals surface area contributed by atoms with E-state index < -0.39 is 76.3 Å². The molecule has 1 saturated heterocycles. The van der Waals surface area contributed by atoms with Crippen LogP contribution in [0.25, 0.3) is 0 Å². The quantitative estimate of drug-likeness (QED) is 0.418. The molecule has 1 aliphatic heterocycles. The van der Waals surface area contributed by atoms with Crippen LogP contribution in [0.5, 0.6) is 0 Å². The first kappa shape index (κ1) is 15.3. The second-order valence-corrected chi connectivity index (χ2v) is 6.64. The summed E-state index contributed by atoms with van der Waals surface area (Å²) in [6, 6.07) is 5.09. The van der Waals surface area contributed by atoms with Gasteiger partial charge in [0, 0.05) is 13.9 Å². The number of hydrogen-bond acceptors (Lipinski definition) is 4. The number of amides is 1. The molecule has 1 amide bonds. The molecule has 1 aliphatic rings. The van der Waals surface area contributed by atoms with Gasteiger partial charge in [0.1, 0.15) is 11.4 Å². The third-order valence-electron chi connectivity index (χ3n) is 4.36. The minimum Gasteiger partial charge on any atom is -0.478 e. The van der Waals surface area contributed by atoms with Crippen LogP contribution in [0, 0.1) is 17.1 Å². The van der Waals surface area contributed by atoms with E-state index in [0.29, 0.717) is 24.3 Å². The van der Waals surface area contributed by atoms with Gasteiger partial charge in [-0.3, -0.25) is 9.69 Å². The summed E-state index contributed by atoms with van der Waals surface area (Å²) in [7, 11) is 0. The summed E-state index contributed by atoms with van der Waals surface area (Å²) < 4.78 is 103. The number of nitriles is 1. The third kappa shape index (κ3) is 3.59. The Morgan fingerprint density at radius 3 is 2.39 bits per heavy atom. The fourth-order valence-electron chi connectivity index (χ4n) is 2.94. The monoisotopic (exact) mass is 459 g/mol. The number of carbonyl (C=O) groups is 2. The van der Waals surface area contributed by atoms with Gasteiger partial charge in [-0.25, -0.2) is 9.18 Å². The highest BCUT2D eigenvalue weighted by Gasteiger charge is 2.50. The van der Waals surface area contributed by atoms with Crippen molar-refractivity contribution in [2.24, 2.45) is 0 Å². The Hall–Kier alpha value is -3.52. The molecule has 0 spiro atoms. The van der Waals surface area contributed by atoms with Gasteiger partial charge in [-0.05, 0) is 62.3 Å². The SMILES string of the molecule is [2H][13C]([2H])([2H])C1([13C]([2H])([2H])[2H])C(=O)N(c2ccc(C#N)c(C(F)(F)F)c2)C(=S)N1c1ccc(C(=O)O)c(F)c1. The molecule has 0 bridgehead atoms. The standard InChI is InChI=1S/C20H13F4N3O3S/c1-19(2)17(30)26(11-4-3-10(9-25)14(7-11)20(22,23)24)18(31)27(19)12-5-6-13(16(28)29)15(21)8-12/h3-8H,1-2H3,(H,28,29)/i1+1D3,2+1D3. The Balaban J connectivity index is 2.38. The molecule has 160 valence electrons. The van der Waals surface area contributed by atoms with Crippen LogP contribution < -0.4 is 9.80 Å². The maximum Gasteiger partial charge on any atom is 0.417 e. The molecule has 31 heavy (non-hydrogen) atoms. The third-order valence-corrected chi connectivity index (χ3v) is 4.72. The van der Waals surface area contributed by atoms with Gasteiger partial charge in [0.25, 0.3) is 5.91 Å². The van der Waals surface area contributed by atoms with Crippen LogP contribution in [-0.4, -0.2) is 27.6 Å².